The van der Waals surface area contributed by atoms with Gasteiger partial charge >= 0.3 is 0 Å². The molecule has 0 radical (unpaired) electrons. The van der Waals surface area contributed by atoms with Crippen molar-refractivity contribution in [1.29, 1.82) is 0 Å². The van der Waals surface area contributed by atoms with Crippen LogP contribution in [0.2, 0.25) is 0 Å². The summed E-state index contributed by atoms with van der Waals surface area (Å²) >= 11 is 0. The maximum atomic E-state index is 13.0. The molecule has 62 heavy (non-hydrogen) atoms. The number of carbonyl (C=O) groups is 1. The van der Waals surface area contributed by atoms with Crippen LogP contribution >= 0.6 is 0 Å². The Kier molecular flexibility index (Phi) is 38.8. The molecule has 1 aliphatic heterocycles. The second-order valence-corrected chi connectivity index (χ2v) is 16.5. The number of rotatable bonds is 39. The standard InChI is InChI=1S/C53H89NO8/c1-3-5-7-9-11-13-15-17-19-21-22-23-24-25-26-27-29-31-33-35-37-39-41-43-49(57)54-46(45-61-53-52(60)51(59)50(58)48(44-55)62-53)47(56)42-40-38-36-34-32-30-28-20-18-16-14-12-10-8-6-4-2/h5,7,11,13,17,19,22-23,25-26,29,31-32,34,40,42,46-48,50-53,55-56,58-60H,3-4,6,8-10,12,14-16,18,20-21,24,27-28,30,33,35-39,41,43-45H2,1-2H3,(H,54,57)/b7-5-,13-11-,19-17-,23-22-,26-25-,31-29-,34-32+,42-40+. The van der Waals surface area contributed by atoms with E-state index in [-0.39, 0.29) is 12.5 Å². The van der Waals surface area contributed by atoms with E-state index >= 15 is 0 Å². The van der Waals surface area contributed by atoms with Gasteiger partial charge in [-0.1, -0.05) is 182 Å². The van der Waals surface area contributed by atoms with Crippen molar-refractivity contribution in [2.75, 3.05) is 13.2 Å². The number of allylic oxidation sites excluding steroid dienone is 15. The second-order valence-electron chi connectivity index (χ2n) is 16.5. The van der Waals surface area contributed by atoms with Crippen molar-refractivity contribution in [2.24, 2.45) is 0 Å². The minimum Gasteiger partial charge on any atom is -0.394 e. The van der Waals surface area contributed by atoms with Crippen molar-refractivity contribution in [3.05, 3.63) is 97.2 Å². The molecule has 0 aromatic carbocycles. The van der Waals surface area contributed by atoms with E-state index in [1.54, 1.807) is 6.08 Å². The second kappa shape index (κ2) is 42.1. The molecule has 1 saturated heterocycles. The summed E-state index contributed by atoms with van der Waals surface area (Å²) in [6, 6.07) is -0.842. The minimum atomic E-state index is -1.58. The summed E-state index contributed by atoms with van der Waals surface area (Å²) in [5, 5.41) is 54.2. The van der Waals surface area contributed by atoms with Gasteiger partial charge in [0.15, 0.2) is 6.29 Å². The summed E-state index contributed by atoms with van der Waals surface area (Å²) in [5.41, 5.74) is 0. The highest BCUT2D eigenvalue weighted by Crippen LogP contribution is 2.22. The molecule has 1 fully saturated rings. The zero-order chi connectivity index (χ0) is 45.1. The van der Waals surface area contributed by atoms with Gasteiger partial charge in [-0.2, -0.15) is 0 Å². The normalized spacial score (nSPS) is 21.2. The molecular formula is C53H89NO8. The van der Waals surface area contributed by atoms with Crippen LogP contribution in [0.5, 0.6) is 0 Å². The molecule has 354 valence electrons. The fourth-order valence-electron chi connectivity index (χ4n) is 7.00. The fourth-order valence-corrected chi connectivity index (χ4v) is 7.00. The van der Waals surface area contributed by atoms with Gasteiger partial charge in [-0.15, -0.1) is 0 Å². The van der Waals surface area contributed by atoms with Crippen LogP contribution < -0.4 is 5.32 Å². The zero-order valence-corrected chi connectivity index (χ0v) is 38.8. The molecule has 9 heteroatoms. The van der Waals surface area contributed by atoms with Crippen molar-refractivity contribution >= 4 is 5.91 Å². The molecular weight excluding hydrogens is 779 g/mol. The van der Waals surface area contributed by atoms with Crippen molar-refractivity contribution in [3.8, 4) is 0 Å². The Labute approximate surface area is 377 Å². The SMILES string of the molecule is CC/C=C\C/C=C\C/C=C\C/C=C\C/C=C\C/C=C\CCCCCCC(=O)NC(COC1OC(CO)C(O)C(O)C1O)C(O)/C=C/CC/C=C/CCCCCCCCCCCC. The number of amides is 1. The van der Waals surface area contributed by atoms with Crippen LogP contribution in [-0.2, 0) is 14.3 Å². The molecule has 0 aromatic heterocycles. The lowest BCUT2D eigenvalue weighted by Crippen LogP contribution is -2.60. The van der Waals surface area contributed by atoms with Crippen LogP contribution in [0.15, 0.2) is 97.2 Å². The topological polar surface area (TPSA) is 149 Å². The first-order valence-electron chi connectivity index (χ1n) is 24.5. The maximum absolute atomic E-state index is 13.0. The maximum Gasteiger partial charge on any atom is 0.220 e. The lowest BCUT2D eigenvalue weighted by atomic mass is 9.99. The van der Waals surface area contributed by atoms with Crippen molar-refractivity contribution in [1.82, 2.24) is 5.32 Å². The highest BCUT2D eigenvalue weighted by atomic mass is 16.7. The number of aliphatic hydroxyl groups excluding tert-OH is 5. The van der Waals surface area contributed by atoms with Crippen LogP contribution in [0.3, 0.4) is 0 Å². The third-order valence-electron chi connectivity index (χ3n) is 10.9. The van der Waals surface area contributed by atoms with Gasteiger partial charge in [0.2, 0.25) is 5.91 Å². The molecule has 1 amide bonds. The summed E-state index contributed by atoms with van der Waals surface area (Å²) in [6.07, 6.45) is 53.0. The monoisotopic (exact) mass is 868 g/mol. The van der Waals surface area contributed by atoms with Crippen LogP contribution in [0.1, 0.15) is 174 Å². The molecule has 9 nitrogen and oxygen atoms in total. The molecule has 7 unspecified atom stereocenters. The minimum absolute atomic E-state index is 0.216. The van der Waals surface area contributed by atoms with Gasteiger partial charge in [-0.25, -0.2) is 0 Å². The average molecular weight is 868 g/mol. The van der Waals surface area contributed by atoms with Gasteiger partial charge in [0, 0.05) is 6.42 Å². The van der Waals surface area contributed by atoms with E-state index < -0.39 is 49.5 Å². The molecule has 6 N–H and O–H groups in total. The summed E-state index contributed by atoms with van der Waals surface area (Å²) in [4.78, 5) is 13.0. The van der Waals surface area contributed by atoms with Gasteiger partial charge in [0.25, 0.3) is 0 Å². The Hall–Kier alpha value is -2.89. The highest BCUT2D eigenvalue weighted by molar-refractivity contribution is 5.76. The molecule has 7 atom stereocenters. The highest BCUT2D eigenvalue weighted by Gasteiger charge is 2.44. The van der Waals surface area contributed by atoms with E-state index in [0.29, 0.717) is 12.8 Å². The Morgan fingerprint density at radius 3 is 1.55 bits per heavy atom. The summed E-state index contributed by atoms with van der Waals surface area (Å²) < 4.78 is 11.2. The number of nitrogens with one attached hydrogen (secondary N) is 1. The predicted molar refractivity (Wildman–Crippen MR) is 258 cm³/mol. The molecule has 0 spiro atoms. The predicted octanol–water partition coefficient (Wildman–Crippen LogP) is 10.9. The lowest BCUT2D eigenvalue weighted by Gasteiger charge is -2.40. The first kappa shape index (κ1) is 57.1. The molecule has 0 saturated carbocycles. The number of hydrogen-bond donors (Lipinski definition) is 6. The van der Waals surface area contributed by atoms with Crippen LogP contribution in [0.4, 0.5) is 0 Å². The largest absolute Gasteiger partial charge is 0.394 e. The Bertz CT molecular complexity index is 1280. The molecule has 1 aliphatic rings. The number of hydrogen-bond acceptors (Lipinski definition) is 8. The average Bonchev–Trinajstić information content (AvgIpc) is 3.27. The van der Waals surface area contributed by atoms with Crippen molar-refractivity contribution in [3.63, 3.8) is 0 Å². The summed E-state index contributed by atoms with van der Waals surface area (Å²) in [6.45, 7) is 3.61. The van der Waals surface area contributed by atoms with Crippen LogP contribution in [0.25, 0.3) is 0 Å². The lowest BCUT2D eigenvalue weighted by molar-refractivity contribution is -0.302. The zero-order valence-electron chi connectivity index (χ0n) is 38.8. The summed E-state index contributed by atoms with van der Waals surface area (Å²) in [5.74, 6) is -0.216. The third kappa shape index (κ3) is 31.9. The molecule has 1 rings (SSSR count). The summed E-state index contributed by atoms with van der Waals surface area (Å²) in [7, 11) is 0. The van der Waals surface area contributed by atoms with E-state index in [9.17, 15) is 30.3 Å². The Morgan fingerprint density at radius 1 is 0.565 bits per heavy atom. The van der Waals surface area contributed by atoms with E-state index in [0.717, 1.165) is 83.5 Å². The third-order valence-corrected chi connectivity index (χ3v) is 10.9. The van der Waals surface area contributed by atoms with E-state index in [4.69, 9.17) is 9.47 Å². The number of ether oxygens (including phenoxy) is 2. The van der Waals surface area contributed by atoms with E-state index in [2.05, 4.69) is 104 Å². The smallest absolute Gasteiger partial charge is 0.220 e. The Balaban J connectivity index is 2.38. The number of unbranched alkanes of at least 4 members (excludes halogenated alkanes) is 15. The van der Waals surface area contributed by atoms with Gasteiger partial charge in [-0.05, 0) is 83.5 Å². The quantitative estimate of drug-likeness (QED) is 0.0264. The molecule has 0 aliphatic carbocycles. The fraction of sp³-hybridized carbons (Fsp3) is 0.679. The Morgan fingerprint density at radius 2 is 1.02 bits per heavy atom. The van der Waals surface area contributed by atoms with E-state index in [1.165, 1.54) is 64.2 Å². The number of aliphatic hydroxyl groups is 5. The van der Waals surface area contributed by atoms with Gasteiger partial charge < -0.3 is 40.3 Å². The van der Waals surface area contributed by atoms with E-state index in [1.807, 2.05) is 6.08 Å². The van der Waals surface area contributed by atoms with Crippen molar-refractivity contribution < 1.29 is 39.8 Å². The first-order chi connectivity index (χ1) is 30.3. The van der Waals surface area contributed by atoms with Gasteiger partial charge in [0.05, 0.1) is 25.4 Å². The van der Waals surface area contributed by atoms with Gasteiger partial charge in [0.1, 0.15) is 24.4 Å². The van der Waals surface area contributed by atoms with Gasteiger partial charge in [-0.3, -0.25) is 4.79 Å². The molecule has 1 heterocycles. The van der Waals surface area contributed by atoms with Crippen LogP contribution in [-0.4, -0.2) is 87.5 Å². The number of carbonyl (C=O) groups excluding carboxylic acids is 1. The first-order valence-corrected chi connectivity index (χ1v) is 24.5. The molecule has 0 aromatic rings. The van der Waals surface area contributed by atoms with Crippen molar-refractivity contribution in [2.45, 2.75) is 217 Å². The van der Waals surface area contributed by atoms with Crippen LogP contribution in [0, 0.1) is 0 Å². The molecule has 0 bridgehead atoms.